The van der Waals surface area contributed by atoms with Gasteiger partial charge in [0.25, 0.3) is 0 Å². The van der Waals surface area contributed by atoms with Gasteiger partial charge in [0.15, 0.2) is 5.65 Å². The molecule has 17 nitrogen and oxygen atoms in total. The first-order valence-electron chi connectivity index (χ1n) is 24.6. The predicted octanol–water partition coefficient (Wildman–Crippen LogP) is 5.28. The zero-order chi connectivity index (χ0) is 49.1. The number of amides is 4. The number of methoxy groups -OCH3 is 1. The van der Waals surface area contributed by atoms with Crippen LogP contribution in [0, 0.1) is 23.2 Å². The zero-order valence-corrected chi connectivity index (χ0v) is 40.6. The Kier molecular flexibility index (Phi) is 12.4. The van der Waals surface area contributed by atoms with Gasteiger partial charge in [-0.05, 0) is 98.5 Å². The Morgan fingerprint density at radius 3 is 2.47 bits per heavy atom. The first kappa shape index (κ1) is 46.9. The number of H-pyrrole nitrogens is 1. The molecule has 5 N–H and O–H groups in total. The van der Waals surface area contributed by atoms with E-state index in [1.165, 1.54) is 17.6 Å². The standard InChI is InChI=1S/C53H63N11O6/c1-7-33-13-12-32(20-44(33)70-6)25-54-48(67)42-21-37(65)28-64(42)49(68)46(52(3,4)5)58-51(69)62-29-53(30-62)23-36(24-53)61-17-14-34(15-18-61)35-26-55-50(56-27-35)63-19-16-40-45(31(63)2)39-22-41(59-60-47(39)57-40)38-10-8-9-11-43(38)66/h1,8-13,20,22,26-27,31,34,36-37,42,46,65-66H,14-19,21,23-25,28-30H2,2-6H3,(H,54,67)(H,57,60)(H,58,69)/t31-,37-,42+,46-/m1/s1. The van der Waals surface area contributed by atoms with Crippen molar-refractivity contribution in [3.05, 3.63) is 88.9 Å². The lowest BCUT2D eigenvalue weighted by Crippen LogP contribution is -2.70. The second-order valence-electron chi connectivity index (χ2n) is 21.2. The number of nitrogens with zero attached hydrogens (tertiary/aromatic N) is 8. The van der Waals surface area contributed by atoms with Gasteiger partial charge in [0, 0.05) is 91.6 Å². The zero-order valence-electron chi connectivity index (χ0n) is 40.6. The number of anilines is 1. The molecule has 0 unspecified atom stereocenters. The molecule has 3 aromatic heterocycles. The van der Waals surface area contributed by atoms with Gasteiger partial charge in [-0.3, -0.25) is 9.59 Å². The number of β-amino-alcohol motifs (C(OH)–C–C–N with tert-alkyl or cyclic N) is 1. The van der Waals surface area contributed by atoms with Crippen molar-refractivity contribution in [3.63, 3.8) is 0 Å². The molecular weight excluding hydrogens is 887 g/mol. The molecule has 70 heavy (non-hydrogen) atoms. The summed E-state index contributed by atoms with van der Waals surface area (Å²) in [6, 6.07) is 12.9. The minimum absolute atomic E-state index is 0.00396. The van der Waals surface area contributed by atoms with Crippen molar-refractivity contribution in [1.82, 2.24) is 50.5 Å². The highest BCUT2D eigenvalue weighted by Crippen LogP contribution is 2.51. The number of urea groups is 1. The Morgan fingerprint density at radius 1 is 1.03 bits per heavy atom. The van der Waals surface area contributed by atoms with Crippen molar-refractivity contribution in [2.24, 2.45) is 10.8 Å². The molecule has 1 saturated carbocycles. The van der Waals surface area contributed by atoms with Gasteiger partial charge >= 0.3 is 6.03 Å². The number of nitrogens with one attached hydrogen (secondary N) is 3. The number of carbonyl (C=O) groups excluding carboxylic acids is 3. The maximum absolute atomic E-state index is 14.2. The van der Waals surface area contributed by atoms with Crippen LogP contribution in [0.15, 0.2) is 60.9 Å². The number of para-hydroxylation sites is 1. The molecule has 17 heteroatoms. The molecule has 4 amide bonds. The fourth-order valence-corrected chi connectivity index (χ4v) is 11.7. The van der Waals surface area contributed by atoms with E-state index in [1.807, 2.05) is 57.4 Å². The number of aromatic amines is 1. The number of hydrogen-bond donors (Lipinski definition) is 5. The third kappa shape index (κ3) is 8.87. The number of phenols is 1. The first-order chi connectivity index (χ1) is 33.6. The highest BCUT2D eigenvalue weighted by Gasteiger charge is 2.56. The molecule has 3 saturated heterocycles. The van der Waals surface area contributed by atoms with Crippen LogP contribution >= 0.6 is 0 Å². The summed E-state index contributed by atoms with van der Waals surface area (Å²) in [5, 5.41) is 37.0. The number of piperidine rings is 1. The maximum atomic E-state index is 14.2. The van der Waals surface area contributed by atoms with Gasteiger partial charge in [0.05, 0.1) is 30.5 Å². The average molecular weight is 950 g/mol. The van der Waals surface area contributed by atoms with Gasteiger partial charge in [-0.2, -0.15) is 0 Å². The highest BCUT2D eigenvalue weighted by molar-refractivity contribution is 5.93. The predicted molar refractivity (Wildman–Crippen MR) is 264 cm³/mol. The summed E-state index contributed by atoms with van der Waals surface area (Å²) in [6.07, 6.45) is 13.8. The van der Waals surface area contributed by atoms with Gasteiger partial charge in [-0.25, -0.2) is 14.8 Å². The molecule has 7 heterocycles. The summed E-state index contributed by atoms with van der Waals surface area (Å²) in [7, 11) is 1.53. The molecule has 10 rings (SSSR count). The Balaban J connectivity index is 0.693. The topological polar surface area (TPSA) is 205 Å². The molecule has 0 bridgehead atoms. The van der Waals surface area contributed by atoms with Crippen LogP contribution in [-0.4, -0.2) is 139 Å². The summed E-state index contributed by atoms with van der Waals surface area (Å²) in [5.41, 5.74) is 6.29. The van der Waals surface area contributed by atoms with E-state index < -0.39 is 23.6 Å². The third-order valence-corrected chi connectivity index (χ3v) is 15.6. The number of hydrogen-bond acceptors (Lipinski definition) is 12. The number of phenolic OH excluding ortho intramolecular Hbond substituents is 1. The van der Waals surface area contributed by atoms with Crippen LogP contribution in [0.5, 0.6) is 11.5 Å². The highest BCUT2D eigenvalue weighted by atomic mass is 16.5. The van der Waals surface area contributed by atoms with Crippen LogP contribution in [0.25, 0.3) is 22.3 Å². The third-order valence-electron chi connectivity index (χ3n) is 15.6. The van der Waals surface area contributed by atoms with E-state index in [9.17, 15) is 24.6 Å². The Labute approximate surface area is 408 Å². The van der Waals surface area contributed by atoms with Gasteiger partial charge in [-0.1, -0.05) is 44.9 Å². The number of aromatic hydroxyl groups is 1. The summed E-state index contributed by atoms with van der Waals surface area (Å²) < 4.78 is 5.38. The number of ether oxygens (including phenoxy) is 1. The minimum atomic E-state index is -0.904. The van der Waals surface area contributed by atoms with Crippen molar-refractivity contribution in [2.75, 3.05) is 51.3 Å². The van der Waals surface area contributed by atoms with Crippen LogP contribution < -0.4 is 20.3 Å². The van der Waals surface area contributed by atoms with E-state index in [1.54, 1.807) is 29.2 Å². The van der Waals surface area contributed by atoms with Gasteiger partial charge in [-0.15, -0.1) is 16.6 Å². The van der Waals surface area contributed by atoms with Crippen molar-refractivity contribution in [3.8, 4) is 35.1 Å². The molecule has 1 spiro atoms. The summed E-state index contributed by atoms with van der Waals surface area (Å²) >= 11 is 0. The molecule has 366 valence electrons. The second-order valence-corrected chi connectivity index (χ2v) is 21.2. The van der Waals surface area contributed by atoms with E-state index in [0.717, 1.165) is 79.6 Å². The van der Waals surface area contributed by atoms with Gasteiger partial charge in [0.1, 0.15) is 23.6 Å². The molecule has 5 aromatic rings. The van der Waals surface area contributed by atoms with E-state index in [-0.39, 0.29) is 54.6 Å². The van der Waals surface area contributed by atoms with Crippen LogP contribution in [0.2, 0.25) is 0 Å². The lowest BCUT2D eigenvalue weighted by atomic mass is 9.60. The van der Waals surface area contributed by atoms with Crippen molar-refractivity contribution in [1.29, 1.82) is 0 Å². The lowest BCUT2D eigenvalue weighted by Gasteiger charge is -2.61. The molecule has 5 aliphatic rings. The fourth-order valence-electron chi connectivity index (χ4n) is 11.7. The number of aliphatic hydroxyl groups is 1. The summed E-state index contributed by atoms with van der Waals surface area (Å²) in [5.74, 6) is 3.60. The summed E-state index contributed by atoms with van der Waals surface area (Å²) in [4.78, 5) is 62.9. The second kappa shape index (κ2) is 18.5. The number of benzene rings is 2. The van der Waals surface area contributed by atoms with Crippen LogP contribution in [-0.2, 0) is 22.6 Å². The molecule has 1 aliphatic carbocycles. The number of carbonyl (C=O) groups is 3. The van der Waals surface area contributed by atoms with Crippen molar-refractivity contribution >= 4 is 34.8 Å². The van der Waals surface area contributed by atoms with Crippen LogP contribution in [0.1, 0.15) is 99.7 Å². The smallest absolute Gasteiger partial charge is 0.318 e. The normalized spacial score (nSPS) is 22.0. The lowest BCUT2D eigenvalue weighted by molar-refractivity contribution is -0.142. The molecule has 4 atom stereocenters. The van der Waals surface area contributed by atoms with Crippen molar-refractivity contribution < 1.29 is 29.3 Å². The number of likely N-dealkylation sites (tertiary alicyclic amines) is 3. The van der Waals surface area contributed by atoms with E-state index >= 15 is 0 Å². The maximum Gasteiger partial charge on any atom is 0.318 e. The van der Waals surface area contributed by atoms with Crippen LogP contribution in [0.4, 0.5) is 10.7 Å². The SMILES string of the molecule is C#Cc1ccc(CNC(=O)[C@@H]2C[C@@H](O)CN2C(=O)[C@@H](NC(=O)N2CC3(CC(N4CCC(c5cnc(N6CCc7[nH]c8nnc(-c9ccccc9O)cc8c7[C@H]6C)nc5)CC4)C3)C2)C(C)(C)C)cc1OC. The minimum Gasteiger partial charge on any atom is -0.507 e. The number of terminal acetylenes is 1. The van der Waals surface area contributed by atoms with Gasteiger partial charge in [0.2, 0.25) is 17.8 Å². The van der Waals surface area contributed by atoms with Crippen LogP contribution in [0.3, 0.4) is 0 Å². The molecule has 4 fully saturated rings. The largest absolute Gasteiger partial charge is 0.507 e. The fraction of sp³-hybridized carbons (Fsp3) is 0.491. The number of rotatable bonds is 10. The quantitative estimate of drug-likeness (QED) is 0.114. The number of fused-ring (bicyclic) bond motifs is 3. The molecular formula is C53H63N11O6. The number of aromatic nitrogens is 5. The molecule has 2 aromatic carbocycles. The monoisotopic (exact) mass is 949 g/mol. The number of aliphatic hydroxyl groups excluding tert-OH is 1. The van der Waals surface area contributed by atoms with E-state index in [0.29, 0.717) is 53.6 Å². The molecule has 0 radical (unpaired) electrons. The Hall–Kier alpha value is -6.77. The first-order valence-corrected chi connectivity index (χ1v) is 24.6. The van der Waals surface area contributed by atoms with E-state index in [2.05, 4.69) is 48.5 Å². The average Bonchev–Trinajstić information content (AvgIpc) is 3.92. The van der Waals surface area contributed by atoms with Crippen molar-refractivity contribution in [2.45, 2.75) is 109 Å². The van der Waals surface area contributed by atoms with E-state index in [4.69, 9.17) is 21.1 Å². The Morgan fingerprint density at radius 2 is 1.77 bits per heavy atom. The summed E-state index contributed by atoms with van der Waals surface area (Å²) in [6.45, 7) is 12.1. The molecule has 4 aliphatic heterocycles. The Bertz CT molecular complexity index is 2830. The van der Waals surface area contributed by atoms with Gasteiger partial charge < -0.3 is 50.2 Å².